The number of methoxy groups -OCH3 is 1. The van der Waals surface area contributed by atoms with E-state index in [9.17, 15) is 18.0 Å². The van der Waals surface area contributed by atoms with Gasteiger partial charge in [0.1, 0.15) is 0 Å². The highest BCUT2D eigenvalue weighted by atomic mass is 19.4. The van der Waals surface area contributed by atoms with Gasteiger partial charge in [0.15, 0.2) is 0 Å². The molecule has 2 amide bonds. The third-order valence-electron chi connectivity index (χ3n) is 6.30. The van der Waals surface area contributed by atoms with Gasteiger partial charge in [0.25, 0.3) is 5.88 Å². The van der Waals surface area contributed by atoms with Gasteiger partial charge in [-0.3, -0.25) is 0 Å². The molecular weight excluding hydrogens is 489 g/mol. The summed E-state index contributed by atoms with van der Waals surface area (Å²) in [6, 6.07) is 0.862. The van der Waals surface area contributed by atoms with Crippen molar-refractivity contribution in [2.24, 2.45) is 0 Å². The number of urea groups is 1. The second-order valence-electron chi connectivity index (χ2n) is 9.00. The molecule has 4 rings (SSSR count). The first-order valence-corrected chi connectivity index (χ1v) is 12.4. The molecule has 4 bridgehead atoms. The molecule has 37 heavy (non-hydrogen) atoms. The predicted octanol–water partition coefficient (Wildman–Crippen LogP) is 5.00. The van der Waals surface area contributed by atoms with Crippen LogP contribution in [0.2, 0.25) is 0 Å². The summed E-state index contributed by atoms with van der Waals surface area (Å²) in [7, 11) is 1.51. The summed E-state index contributed by atoms with van der Waals surface area (Å²) in [6.07, 6.45) is 4.01. The van der Waals surface area contributed by atoms with Crippen LogP contribution in [-0.4, -0.2) is 62.8 Å². The molecule has 0 saturated heterocycles. The number of carbonyl (C=O) groups excluding carboxylic acids is 1. The molecule has 1 N–H and O–H groups in total. The number of hydrogen-bond acceptors (Lipinski definition) is 6. The van der Waals surface area contributed by atoms with Crippen molar-refractivity contribution in [3.63, 3.8) is 0 Å². The Kier molecular flexibility index (Phi) is 8.34. The van der Waals surface area contributed by atoms with E-state index >= 15 is 0 Å². The van der Waals surface area contributed by atoms with E-state index in [1.807, 2.05) is 23.6 Å². The number of rotatable bonds is 4. The number of amides is 2. The molecular formula is C25H31F3N6O3. The van der Waals surface area contributed by atoms with Gasteiger partial charge >= 0.3 is 12.2 Å². The number of fused-ring (bicyclic) bond motifs is 7. The van der Waals surface area contributed by atoms with E-state index in [4.69, 9.17) is 14.5 Å². The van der Waals surface area contributed by atoms with Crippen LogP contribution in [0.1, 0.15) is 51.0 Å². The highest BCUT2D eigenvalue weighted by Crippen LogP contribution is 2.31. The first kappa shape index (κ1) is 26.5. The molecule has 1 atom stereocenters. The fourth-order valence-corrected chi connectivity index (χ4v) is 4.34. The number of nitrogens with one attached hydrogen (secondary N) is 1. The average molecular weight is 521 g/mol. The molecule has 0 radical (unpaired) electrons. The van der Waals surface area contributed by atoms with Gasteiger partial charge in [0.05, 0.1) is 25.0 Å². The molecule has 12 heteroatoms. The Morgan fingerprint density at radius 1 is 1.24 bits per heavy atom. The van der Waals surface area contributed by atoms with Gasteiger partial charge in [0, 0.05) is 50.3 Å². The number of ether oxygens (including phenoxy) is 2. The fourth-order valence-electron chi connectivity index (χ4n) is 4.34. The summed E-state index contributed by atoms with van der Waals surface area (Å²) in [6.45, 7) is 2.78. The van der Waals surface area contributed by atoms with Crippen molar-refractivity contribution in [2.45, 2.75) is 64.2 Å². The third-order valence-corrected chi connectivity index (χ3v) is 6.30. The lowest BCUT2D eigenvalue weighted by molar-refractivity contribution is -0.136. The number of alkyl halides is 3. The van der Waals surface area contributed by atoms with E-state index in [-0.39, 0.29) is 13.0 Å². The fraction of sp³-hybridized carbons (Fsp3) is 0.520. The van der Waals surface area contributed by atoms with E-state index in [1.54, 1.807) is 23.5 Å². The molecule has 3 aromatic heterocycles. The molecule has 0 spiro atoms. The van der Waals surface area contributed by atoms with Crippen molar-refractivity contribution in [2.75, 3.05) is 20.3 Å². The second-order valence-corrected chi connectivity index (χ2v) is 9.00. The molecule has 1 aliphatic rings. The number of nitrogens with zero attached hydrogens (tertiary/aromatic N) is 5. The number of imidazole rings is 1. The van der Waals surface area contributed by atoms with E-state index in [1.165, 1.54) is 7.11 Å². The van der Waals surface area contributed by atoms with Crippen LogP contribution in [0.4, 0.5) is 18.0 Å². The summed E-state index contributed by atoms with van der Waals surface area (Å²) >= 11 is 0. The van der Waals surface area contributed by atoms with Crippen molar-refractivity contribution >= 4 is 11.7 Å². The largest absolute Gasteiger partial charge is 0.481 e. The summed E-state index contributed by atoms with van der Waals surface area (Å²) in [4.78, 5) is 28.0. The lowest BCUT2D eigenvalue weighted by atomic mass is 10.0. The van der Waals surface area contributed by atoms with Crippen molar-refractivity contribution < 1.29 is 27.4 Å². The minimum atomic E-state index is -4.28. The smallest absolute Gasteiger partial charge is 0.389 e. The SMILES string of the molecule is CCN1Cc2cnc(OC)c(c2)-c2cn3ccnc3c(n2)OCCCCC[C@H](CCC(F)(F)F)NC1=O. The maximum atomic E-state index is 13.1. The lowest BCUT2D eigenvalue weighted by Gasteiger charge is -2.26. The van der Waals surface area contributed by atoms with Crippen LogP contribution in [0.3, 0.4) is 0 Å². The first-order chi connectivity index (χ1) is 17.8. The average Bonchev–Trinajstić information content (AvgIpc) is 3.35. The van der Waals surface area contributed by atoms with Gasteiger partial charge in [-0.15, -0.1) is 0 Å². The number of hydrogen-bond donors (Lipinski definition) is 1. The Bertz CT molecular complexity index is 1220. The second kappa shape index (κ2) is 11.7. The normalized spacial score (nSPS) is 17.7. The molecule has 0 unspecified atom stereocenters. The Labute approximate surface area is 213 Å². The Morgan fingerprint density at radius 3 is 2.84 bits per heavy atom. The van der Waals surface area contributed by atoms with Crippen LogP contribution < -0.4 is 14.8 Å². The third kappa shape index (κ3) is 6.80. The summed E-state index contributed by atoms with van der Waals surface area (Å²) in [5, 5.41) is 2.83. The van der Waals surface area contributed by atoms with Gasteiger partial charge in [-0.05, 0) is 44.2 Å². The highest BCUT2D eigenvalue weighted by molar-refractivity contribution is 5.75. The molecule has 0 fully saturated rings. The molecule has 4 heterocycles. The minimum Gasteiger partial charge on any atom is -0.481 e. The van der Waals surface area contributed by atoms with Crippen molar-refractivity contribution in [1.82, 2.24) is 29.6 Å². The standard InChI is InChI=1S/C25H31F3N6O3/c1-3-33-15-17-13-19(22(36-2)30-14-17)20-16-34-11-10-29-21(34)23(32-20)37-12-6-4-5-7-18(31-24(33)35)8-9-25(26,27)28/h10-11,13-14,16,18H,3-9,12,15H2,1-2H3,(H,31,35)/t18-/m1/s1. The van der Waals surface area contributed by atoms with Crippen molar-refractivity contribution in [3.05, 3.63) is 36.4 Å². The molecule has 0 aromatic carbocycles. The van der Waals surface area contributed by atoms with Crippen LogP contribution in [0, 0.1) is 0 Å². The van der Waals surface area contributed by atoms with Crippen LogP contribution in [0.15, 0.2) is 30.9 Å². The maximum absolute atomic E-state index is 13.1. The molecule has 0 aliphatic carbocycles. The van der Waals surface area contributed by atoms with Crippen LogP contribution in [-0.2, 0) is 6.54 Å². The zero-order chi connectivity index (χ0) is 26.4. The first-order valence-electron chi connectivity index (χ1n) is 12.4. The molecule has 1 aliphatic heterocycles. The van der Waals surface area contributed by atoms with E-state index in [0.717, 1.165) is 12.0 Å². The van der Waals surface area contributed by atoms with Crippen LogP contribution >= 0.6 is 0 Å². The molecule has 200 valence electrons. The van der Waals surface area contributed by atoms with Crippen LogP contribution in [0.5, 0.6) is 11.8 Å². The molecule has 9 nitrogen and oxygen atoms in total. The van der Waals surface area contributed by atoms with E-state index in [2.05, 4.69) is 15.3 Å². The molecule has 3 aromatic rings. The number of carbonyl (C=O) groups is 1. The number of halogens is 3. The Morgan fingerprint density at radius 2 is 2.08 bits per heavy atom. The lowest BCUT2D eigenvalue weighted by Crippen LogP contribution is -2.44. The quantitative estimate of drug-likeness (QED) is 0.521. The maximum Gasteiger partial charge on any atom is 0.389 e. The number of pyridine rings is 1. The summed E-state index contributed by atoms with van der Waals surface area (Å²) < 4.78 is 52.0. The Balaban J connectivity index is 1.68. The van der Waals surface area contributed by atoms with Crippen molar-refractivity contribution in [3.8, 4) is 23.0 Å². The van der Waals surface area contributed by atoms with Gasteiger partial charge in [0.2, 0.25) is 11.5 Å². The highest BCUT2D eigenvalue weighted by Gasteiger charge is 2.29. The Hall–Kier alpha value is -3.57. The summed E-state index contributed by atoms with van der Waals surface area (Å²) in [5.74, 6) is 0.730. The van der Waals surface area contributed by atoms with Crippen LogP contribution in [0.25, 0.3) is 16.9 Å². The van der Waals surface area contributed by atoms with Gasteiger partial charge in [-0.2, -0.15) is 13.2 Å². The minimum absolute atomic E-state index is 0.162. The number of aromatic nitrogens is 4. The molecule has 0 saturated carbocycles. The van der Waals surface area contributed by atoms with E-state index in [0.29, 0.717) is 61.1 Å². The van der Waals surface area contributed by atoms with E-state index < -0.39 is 24.7 Å². The summed E-state index contributed by atoms with van der Waals surface area (Å²) in [5.41, 5.74) is 2.47. The predicted molar refractivity (Wildman–Crippen MR) is 130 cm³/mol. The van der Waals surface area contributed by atoms with Gasteiger partial charge in [-0.25, -0.2) is 19.7 Å². The zero-order valence-corrected chi connectivity index (χ0v) is 20.9. The topological polar surface area (TPSA) is 93.9 Å². The van der Waals surface area contributed by atoms with Gasteiger partial charge in [-0.1, -0.05) is 6.42 Å². The van der Waals surface area contributed by atoms with Gasteiger partial charge < -0.3 is 24.1 Å². The zero-order valence-electron chi connectivity index (χ0n) is 20.9. The monoisotopic (exact) mass is 520 g/mol. The van der Waals surface area contributed by atoms with Crippen molar-refractivity contribution in [1.29, 1.82) is 0 Å².